The number of benzene rings is 1. The predicted octanol–water partition coefficient (Wildman–Crippen LogP) is 2.82. The van der Waals surface area contributed by atoms with Gasteiger partial charge in [0.05, 0.1) is 24.8 Å². The third kappa shape index (κ3) is 7.34. The maximum atomic E-state index is 13.8. The zero-order valence-electron chi connectivity index (χ0n) is 28.2. The van der Waals surface area contributed by atoms with E-state index in [0.717, 1.165) is 40.6 Å². The summed E-state index contributed by atoms with van der Waals surface area (Å²) >= 11 is 0. The molecule has 8 atom stereocenters. The van der Waals surface area contributed by atoms with E-state index < -0.39 is 55.2 Å². The maximum absolute atomic E-state index is 13.8. The van der Waals surface area contributed by atoms with Crippen molar-refractivity contribution in [3.05, 3.63) is 53.8 Å². The van der Waals surface area contributed by atoms with Gasteiger partial charge in [-0.2, -0.15) is 0 Å². The molecule has 1 saturated heterocycles. The molecule has 2 amide bonds. The van der Waals surface area contributed by atoms with E-state index in [1.54, 1.807) is 0 Å². The third-order valence-corrected chi connectivity index (χ3v) is 9.40. The lowest BCUT2D eigenvalue weighted by Gasteiger charge is -2.42. The Balaban J connectivity index is 1.73. The molecule has 2 aliphatic heterocycles. The highest BCUT2D eigenvalue weighted by atomic mass is 16.7. The molecule has 0 aliphatic carbocycles. The summed E-state index contributed by atoms with van der Waals surface area (Å²) in [6.07, 6.45) is 3.34. The summed E-state index contributed by atoms with van der Waals surface area (Å²) < 4.78 is 11.9. The van der Waals surface area contributed by atoms with Gasteiger partial charge in [0.15, 0.2) is 6.29 Å². The van der Waals surface area contributed by atoms with Crippen LogP contribution in [0.3, 0.4) is 0 Å². The van der Waals surface area contributed by atoms with Gasteiger partial charge >= 0.3 is 0 Å². The second-order valence-corrected chi connectivity index (χ2v) is 13.6. The number of aliphatic hydroxyl groups excluding tert-OH is 3. The number of amides is 2. The molecule has 1 aromatic heterocycles. The van der Waals surface area contributed by atoms with E-state index in [1.165, 1.54) is 12.5 Å². The first kappa shape index (κ1) is 35.6. The lowest BCUT2D eigenvalue weighted by Crippen LogP contribution is -2.65. The van der Waals surface area contributed by atoms with Crippen LogP contribution in [0, 0.1) is 5.92 Å². The van der Waals surface area contributed by atoms with Gasteiger partial charge in [0, 0.05) is 36.7 Å². The number of nitrogens with zero attached hydrogens (tertiary/aromatic N) is 1. The topological polar surface area (TPSA) is 156 Å². The van der Waals surface area contributed by atoms with Crippen LogP contribution in [0.2, 0.25) is 0 Å². The molecule has 4 rings (SSSR count). The molecule has 3 heterocycles. The first-order valence-electron chi connectivity index (χ1n) is 16.2. The van der Waals surface area contributed by atoms with Crippen LogP contribution in [0.1, 0.15) is 65.5 Å². The fourth-order valence-electron chi connectivity index (χ4n) is 6.84. The van der Waals surface area contributed by atoms with Crippen molar-refractivity contribution in [3.63, 3.8) is 0 Å². The minimum absolute atomic E-state index is 0.0166. The van der Waals surface area contributed by atoms with E-state index in [0.29, 0.717) is 6.42 Å². The maximum Gasteiger partial charge on any atom is 0.243 e. The van der Waals surface area contributed by atoms with Crippen molar-refractivity contribution in [3.8, 4) is 0 Å². The largest absolute Gasteiger partial charge is 0.394 e. The fraction of sp³-hybridized carbons (Fsp3) is 0.600. The van der Waals surface area contributed by atoms with E-state index in [2.05, 4.69) is 61.2 Å². The number of aliphatic hydroxyl groups is 3. The number of allylic oxidation sites excluding steroid dienone is 3. The number of rotatable bonds is 11. The standard InChI is InChI=1S/C35H52N4O7/c1-9-35(7,14-10-11-19(2)3)24-12-13-25-27-22(16-36-28(24)27)15-23(38-33(44)30(20(4)5)39(25)8)18-45-34-29(37-21(6)41)32(43)31(42)26(17-40)46-34/h9,11-13,16,20,23,26,29-32,34,36,40,42-43H,1,10,14-15,17-18H2,2-8H3,(H,37,41)(H,38,44). The number of likely N-dealkylation sites (N-methyl/N-ethyl adjacent to an activating group) is 1. The van der Waals surface area contributed by atoms with E-state index in [1.807, 2.05) is 38.1 Å². The summed E-state index contributed by atoms with van der Waals surface area (Å²) in [5.74, 6) is -0.609. The average Bonchev–Trinajstić information content (AvgIpc) is 3.42. The Morgan fingerprint density at radius 1 is 1.26 bits per heavy atom. The van der Waals surface area contributed by atoms with Crippen LogP contribution in [0.15, 0.2) is 42.6 Å². The van der Waals surface area contributed by atoms with Crippen molar-refractivity contribution in [2.45, 2.75) is 109 Å². The zero-order valence-corrected chi connectivity index (χ0v) is 28.2. The van der Waals surface area contributed by atoms with Crippen LogP contribution in [0.4, 0.5) is 5.69 Å². The van der Waals surface area contributed by atoms with Crippen molar-refractivity contribution < 1.29 is 34.4 Å². The average molecular weight is 641 g/mol. The highest BCUT2D eigenvalue weighted by Gasteiger charge is 2.46. The van der Waals surface area contributed by atoms with E-state index in [4.69, 9.17) is 9.47 Å². The Kier molecular flexibility index (Phi) is 11.4. The van der Waals surface area contributed by atoms with Gasteiger partial charge in [-0.05, 0) is 56.2 Å². The third-order valence-electron chi connectivity index (χ3n) is 9.40. The number of ether oxygens (including phenoxy) is 2. The molecule has 2 aromatic rings. The van der Waals surface area contributed by atoms with Crippen molar-refractivity contribution in [1.29, 1.82) is 0 Å². The smallest absolute Gasteiger partial charge is 0.243 e. The summed E-state index contributed by atoms with van der Waals surface area (Å²) in [7, 11) is 1.95. The zero-order chi connectivity index (χ0) is 33.9. The van der Waals surface area contributed by atoms with Gasteiger partial charge in [0.25, 0.3) is 0 Å². The molecular formula is C35H52N4O7. The Bertz CT molecular complexity index is 1430. The minimum Gasteiger partial charge on any atom is -0.394 e. The highest BCUT2D eigenvalue weighted by Crippen LogP contribution is 2.41. The molecule has 0 radical (unpaired) electrons. The monoisotopic (exact) mass is 640 g/mol. The van der Waals surface area contributed by atoms with Gasteiger partial charge in [0.2, 0.25) is 11.8 Å². The first-order valence-corrected chi connectivity index (χ1v) is 16.2. The molecule has 1 fully saturated rings. The molecule has 11 nitrogen and oxygen atoms in total. The molecule has 2 aliphatic rings. The second-order valence-electron chi connectivity index (χ2n) is 13.6. The number of hydrogen-bond donors (Lipinski definition) is 6. The van der Waals surface area contributed by atoms with E-state index in [9.17, 15) is 24.9 Å². The van der Waals surface area contributed by atoms with Crippen LogP contribution < -0.4 is 15.5 Å². The molecule has 0 spiro atoms. The minimum atomic E-state index is -1.43. The van der Waals surface area contributed by atoms with Gasteiger partial charge in [-0.3, -0.25) is 9.59 Å². The van der Waals surface area contributed by atoms with Gasteiger partial charge in [0.1, 0.15) is 30.4 Å². The molecule has 46 heavy (non-hydrogen) atoms. The number of hydrogen-bond acceptors (Lipinski definition) is 8. The molecule has 1 aromatic carbocycles. The van der Waals surface area contributed by atoms with E-state index >= 15 is 0 Å². The van der Waals surface area contributed by atoms with Crippen molar-refractivity contribution in [2.24, 2.45) is 5.92 Å². The Labute approximate surface area is 272 Å². The molecule has 6 N–H and O–H groups in total. The summed E-state index contributed by atoms with van der Waals surface area (Å²) in [5.41, 5.74) is 5.05. The first-order chi connectivity index (χ1) is 21.7. The van der Waals surface area contributed by atoms with Crippen LogP contribution in [-0.4, -0.2) is 95.1 Å². The summed E-state index contributed by atoms with van der Waals surface area (Å²) in [6.45, 7) is 15.4. The number of anilines is 1. The lowest BCUT2D eigenvalue weighted by molar-refractivity contribution is -0.271. The lowest BCUT2D eigenvalue weighted by atomic mass is 9.77. The van der Waals surface area contributed by atoms with Crippen molar-refractivity contribution in [2.75, 3.05) is 25.2 Å². The number of aromatic amines is 1. The molecule has 254 valence electrons. The van der Waals surface area contributed by atoms with Gasteiger partial charge in [-0.1, -0.05) is 44.6 Å². The number of nitrogens with one attached hydrogen (secondary N) is 3. The Hall–Kier alpha value is -3.22. The van der Waals surface area contributed by atoms with Gasteiger partial charge in [-0.15, -0.1) is 6.58 Å². The fourth-order valence-corrected chi connectivity index (χ4v) is 6.84. The van der Waals surface area contributed by atoms with Crippen molar-refractivity contribution >= 4 is 28.4 Å². The molecule has 0 saturated carbocycles. The quantitative estimate of drug-likeness (QED) is 0.205. The van der Waals surface area contributed by atoms with Gasteiger partial charge in [-0.25, -0.2) is 0 Å². The predicted molar refractivity (Wildman–Crippen MR) is 178 cm³/mol. The summed E-state index contributed by atoms with van der Waals surface area (Å²) in [6, 6.07) is 2.19. The van der Waals surface area contributed by atoms with Crippen LogP contribution in [-0.2, 0) is 30.9 Å². The van der Waals surface area contributed by atoms with Gasteiger partial charge < -0.3 is 45.3 Å². The second kappa shape index (κ2) is 14.7. The molecule has 8 unspecified atom stereocenters. The number of aromatic nitrogens is 1. The van der Waals surface area contributed by atoms with Crippen LogP contribution in [0.25, 0.3) is 10.9 Å². The summed E-state index contributed by atoms with van der Waals surface area (Å²) in [5, 5.41) is 37.7. The van der Waals surface area contributed by atoms with Crippen molar-refractivity contribution in [1.82, 2.24) is 15.6 Å². The summed E-state index contributed by atoms with van der Waals surface area (Å²) in [4.78, 5) is 31.4. The molecule has 11 heteroatoms. The van der Waals surface area contributed by atoms with Crippen LogP contribution in [0.5, 0.6) is 0 Å². The normalized spacial score (nSPS) is 28.1. The number of carbonyl (C=O) groups is 2. The molecular weight excluding hydrogens is 588 g/mol. The van der Waals surface area contributed by atoms with Crippen LogP contribution >= 0.6 is 0 Å². The van der Waals surface area contributed by atoms with E-state index in [-0.39, 0.29) is 23.8 Å². The molecule has 0 bridgehead atoms. The number of H-pyrrole nitrogens is 1. The SMILES string of the molecule is C=CC(C)(CCC=C(C)C)c1ccc2c3c(c[nH]c13)CC(COC1OC(CO)C(O)C(O)C1NC(C)=O)NC(=O)C(C(C)C)N2C. The number of carbonyl (C=O) groups excluding carboxylic acids is 2. The Morgan fingerprint density at radius 3 is 2.59 bits per heavy atom. The Morgan fingerprint density at radius 2 is 1.98 bits per heavy atom. The highest BCUT2D eigenvalue weighted by molar-refractivity contribution is 6.00.